The molecule has 4 bridgehead atoms. The first-order chi connectivity index (χ1) is 17.9. The number of hydrogen-bond acceptors (Lipinski definition) is 3. The Hall–Kier alpha value is -2.53. The molecule has 196 valence electrons. The lowest BCUT2D eigenvalue weighted by Crippen LogP contribution is -2.53. The van der Waals surface area contributed by atoms with Crippen LogP contribution in [0.15, 0.2) is 36.4 Å². The summed E-state index contributed by atoms with van der Waals surface area (Å²) in [6.45, 7) is 6.10. The Morgan fingerprint density at radius 3 is 2.41 bits per heavy atom. The molecule has 0 saturated heterocycles. The van der Waals surface area contributed by atoms with Crippen molar-refractivity contribution in [2.75, 3.05) is 13.2 Å². The monoisotopic (exact) mass is 519 g/mol. The molecule has 1 N–H and O–H groups in total. The van der Waals surface area contributed by atoms with Crippen molar-refractivity contribution in [3.63, 3.8) is 0 Å². The molecule has 6 heteroatoms. The summed E-state index contributed by atoms with van der Waals surface area (Å²) in [5.41, 5.74) is 4.13. The minimum Gasteiger partial charge on any atom is -0.494 e. The zero-order valence-electron chi connectivity index (χ0n) is 22.1. The van der Waals surface area contributed by atoms with E-state index in [9.17, 15) is 4.79 Å². The van der Waals surface area contributed by atoms with E-state index in [-0.39, 0.29) is 5.41 Å². The number of amides is 1. The van der Waals surface area contributed by atoms with Crippen LogP contribution in [0.3, 0.4) is 0 Å². The van der Waals surface area contributed by atoms with E-state index in [2.05, 4.69) is 28.1 Å². The first kappa shape index (κ1) is 24.8. The first-order valence-electron chi connectivity index (χ1n) is 14.0. The molecule has 1 heterocycles. The Labute approximate surface area is 224 Å². The Morgan fingerprint density at radius 2 is 1.73 bits per heavy atom. The third kappa shape index (κ3) is 4.87. The van der Waals surface area contributed by atoms with Gasteiger partial charge in [0.2, 0.25) is 5.91 Å². The third-order valence-electron chi connectivity index (χ3n) is 9.09. The van der Waals surface area contributed by atoms with Crippen LogP contribution in [0.5, 0.6) is 5.75 Å². The number of imidazole rings is 1. The summed E-state index contributed by atoms with van der Waals surface area (Å²) in [5, 5.41) is 4.14. The molecule has 4 aliphatic carbocycles. The third-order valence-corrected chi connectivity index (χ3v) is 9.69. The Morgan fingerprint density at radius 1 is 1.08 bits per heavy atom. The normalized spacial score (nSPS) is 26.1. The van der Waals surface area contributed by atoms with Gasteiger partial charge in [-0.1, -0.05) is 23.7 Å². The van der Waals surface area contributed by atoms with Gasteiger partial charge in [-0.05, 0) is 112 Å². The number of rotatable bonds is 9. The van der Waals surface area contributed by atoms with E-state index in [4.69, 9.17) is 21.3 Å². The highest BCUT2D eigenvalue weighted by Gasteiger charge is 2.54. The van der Waals surface area contributed by atoms with Crippen molar-refractivity contribution in [2.45, 2.75) is 71.8 Å². The molecule has 1 aromatic heterocycles. The van der Waals surface area contributed by atoms with Gasteiger partial charge in [-0.15, -0.1) is 0 Å². The van der Waals surface area contributed by atoms with Crippen LogP contribution >= 0.6 is 11.6 Å². The molecule has 3 aromatic rings. The predicted octanol–water partition coefficient (Wildman–Crippen LogP) is 6.65. The van der Waals surface area contributed by atoms with Crippen LogP contribution in [0.2, 0.25) is 5.02 Å². The smallest absolute Gasteiger partial charge is 0.226 e. The summed E-state index contributed by atoms with van der Waals surface area (Å²) in [5.74, 6) is 4.54. The van der Waals surface area contributed by atoms with Crippen molar-refractivity contribution in [1.29, 1.82) is 0 Å². The number of ether oxygens (including phenoxy) is 1. The van der Waals surface area contributed by atoms with E-state index in [1.165, 1.54) is 19.3 Å². The Balaban J connectivity index is 1.08. The molecule has 1 amide bonds. The average molecular weight is 520 g/mol. The van der Waals surface area contributed by atoms with Gasteiger partial charge in [0.05, 0.1) is 17.6 Å². The minimum atomic E-state index is -0.0927. The zero-order valence-corrected chi connectivity index (χ0v) is 22.8. The molecule has 4 saturated carbocycles. The van der Waals surface area contributed by atoms with E-state index in [0.29, 0.717) is 19.1 Å². The van der Waals surface area contributed by atoms with E-state index < -0.39 is 0 Å². The van der Waals surface area contributed by atoms with Crippen molar-refractivity contribution < 1.29 is 9.53 Å². The highest BCUT2D eigenvalue weighted by molar-refractivity contribution is 6.32. The van der Waals surface area contributed by atoms with Gasteiger partial charge in [0.15, 0.2) is 0 Å². The zero-order chi connectivity index (χ0) is 25.6. The second-order valence-corrected chi connectivity index (χ2v) is 12.3. The van der Waals surface area contributed by atoms with Gasteiger partial charge >= 0.3 is 0 Å². The maximum atomic E-state index is 13.4. The topological polar surface area (TPSA) is 56.1 Å². The predicted molar refractivity (Wildman–Crippen MR) is 148 cm³/mol. The standard InChI is InChI=1S/C31H38ClN3O2/c1-20-12-25(13-21(2)29(20)32)37-11-5-10-35-27-7-4-3-6-26(27)34-28(35)8-9-33-30(36)31-17-22-14-23(18-31)16-24(15-22)19-31/h3-4,6-7,12-13,22-24H,5,8-11,14-19H2,1-2H3,(H,33,36). The van der Waals surface area contributed by atoms with Crippen LogP contribution in [0.1, 0.15) is 61.9 Å². The van der Waals surface area contributed by atoms with E-state index in [1.807, 2.05) is 32.0 Å². The SMILES string of the molecule is Cc1cc(OCCCn2c(CCNC(=O)C34CC5CC(CC(C5)C3)C4)nc3ccccc32)cc(C)c1Cl. The van der Waals surface area contributed by atoms with Crippen LogP contribution in [0.4, 0.5) is 0 Å². The molecular weight excluding hydrogens is 482 g/mol. The molecule has 0 spiro atoms. The molecule has 2 aromatic carbocycles. The summed E-state index contributed by atoms with van der Waals surface area (Å²) in [7, 11) is 0. The number of aryl methyl sites for hydroxylation is 3. The molecule has 0 atom stereocenters. The first-order valence-corrected chi connectivity index (χ1v) is 14.4. The lowest BCUT2D eigenvalue weighted by molar-refractivity contribution is -0.146. The van der Waals surface area contributed by atoms with Crippen molar-refractivity contribution >= 4 is 28.5 Å². The van der Waals surface area contributed by atoms with Gasteiger partial charge in [0.25, 0.3) is 0 Å². The van der Waals surface area contributed by atoms with Crippen LogP contribution in [0, 0.1) is 37.0 Å². The van der Waals surface area contributed by atoms with Crippen LogP contribution in [0.25, 0.3) is 11.0 Å². The summed E-state index contributed by atoms with van der Waals surface area (Å²) < 4.78 is 8.35. The number of halogens is 1. The molecule has 5 nitrogen and oxygen atoms in total. The molecule has 4 fully saturated rings. The van der Waals surface area contributed by atoms with Crippen LogP contribution in [-0.4, -0.2) is 28.6 Å². The van der Waals surface area contributed by atoms with Crippen molar-refractivity contribution in [3.8, 4) is 5.75 Å². The summed E-state index contributed by atoms with van der Waals surface area (Å²) in [6.07, 6.45) is 9.01. The molecule has 4 aliphatic rings. The molecule has 0 aliphatic heterocycles. The Bertz CT molecular complexity index is 1250. The highest BCUT2D eigenvalue weighted by atomic mass is 35.5. The fraction of sp³-hybridized carbons (Fsp3) is 0.548. The summed E-state index contributed by atoms with van der Waals surface area (Å²) in [6, 6.07) is 12.3. The lowest BCUT2D eigenvalue weighted by atomic mass is 9.49. The summed E-state index contributed by atoms with van der Waals surface area (Å²) in [4.78, 5) is 18.3. The average Bonchev–Trinajstić information content (AvgIpc) is 3.21. The number of hydrogen-bond donors (Lipinski definition) is 1. The number of nitrogens with one attached hydrogen (secondary N) is 1. The van der Waals surface area contributed by atoms with Gasteiger partial charge in [-0.3, -0.25) is 4.79 Å². The maximum absolute atomic E-state index is 13.4. The largest absolute Gasteiger partial charge is 0.494 e. The fourth-order valence-corrected chi connectivity index (χ4v) is 7.94. The molecule has 0 radical (unpaired) electrons. The number of aromatic nitrogens is 2. The number of para-hydroxylation sites is 2. The number of carbonyl (C=O) groups excluding carboxylic acids is 1. The van der Waals surface area contributed by atoms with Crippen LogP contribution < -0.4 is 10.1 Å². The van der Waals surface area contributed by atoms with Gasteiger partial charge in [0, 0.05) is 29.9 Å². The summed E-state index contributed by atoms with van der Waals surface area (Å²) >= 11 is 6.30. The highest BCUT2D eigenvalue weighted by Crippen LogP contribution is 2.60. The van der Waals surface area contributed by atoms with Gasteiger partial charge in [-0.25, -0.2) is 4.98 Å². The minimum absolute atomic E-state index is 0.0927. The van der Waals surface area contributed by atoms with Gasteiger partial charge < -0.3 is 14.6 Å². The number of benzene rings is 2. The van der Waals surface area contributed by atoms with Crippen molar-refractivity contribution in [1.82, 2.24) is 14.9 Å². The molecular formula is C31H38ClN3O2. The second kappa shape index (κ2) is 9.98. The second-order valence-electron chi connectivity index (χ2n) is 11.9. The Kier molecular flexibility index (Phi) is 6.68. The van der Waals surface area contributed by atoms with Gasteiger partial charge in [0.1, 0.15) is 11.6 Å². The van der Waals surface area contributed by atoms with E-state index in [0.717, 1.165) is 95.2 Å². The number of nitrogens with zero attached hydrogens (tertiary/aromatic N) is 2. The van der Waals surface area contributed by atoms with Crippen molar-refractivity contribution in [3.05, 3.63) is 58.4 Å². The molecule has 0 unspecified atom stereocenters. The lowest BCUT2D eigenvalue weighted by Gasteiger charge is -2.55. The van der Waals surface area contributed by atoms with E-state index >= 15 is 0 Å². The number of fused-ring (bicyclic) bond motifs is 1. The quantitative estimate of drug-likeness (QED) is 0.322. The van der Waals surface area contributed by atoms with Crippen molar-refractivity contribution in [2.24, 2.45) is 23.2 Å². The van der Waals surface area contributed by atoms with Crippen LogP contribution in [-0.2, 0) is 17.8 Å². The molecule has 37 heavy (non-hydrogen) atoms. The van der Waals surface area contributed by atoms with Gasteiger partial charge in [-0.2, -0.15) is 0 Å². The fourth-order valence-electron chi connectivity index (χ4n) is 7.83. The van der Waals surface area contributed by atoms with E-state index in [1.54, 1.807) is 0 Å². The maximum Gasteiger partial charge on any atom is 0.226 e. The number of carbonyl (C=O) groups is 1. The molecule has 7 rings (SSSR count).